The van der Waals surface area contributed by atoms with Crippen molar-refractivity contribution in [1.29, 1.82) is 0 Å². The number of fused-ring (bicyclic) bond motifs is 1. The highest BCUT2D eigenvalue weighted by molar-refractivity contribution is 6.09. The summed E-state index contributed by atoms with van der Waals surface area (Å²) < 4.78 is 5.05. The predicted molar refractivity (Wildman–Crippen MR) is 90.4 cm³/mol. The normalized spacial score (nSPS) is 21.5. The SMILES string of the molecule is COc1cc([N+](=O)[O-])ccc1NC(=O)CN1C(=O)[C@@H]2CC=CC[C@H]2C1=O. The van der Waals surface area contributed by atoms with Gasteiger partial charge >= 0.3 is 0 Å². The molecule has 0 radical (unpaired) electrons. The maximum atomic E-state index is 12.4. The van der Waals surface area contributed by atoms with Crippen LogP contribution in [0.5, 0.6) is 5.75 Å². The monoisotopic (exact) mass is 359 g/mol. The number of nitro benzene ring substituents is 1. The van der Waals surface area contributed by atoms with E-state index in [-0.39, 0.29) is 28.9 Å². The number of likely N-dealkylation sites (tertiary alicyclic amines) is 1. The molecule has 1 saturated heterocycles. The van der Waals surface area contributed by atoms with Gasteiger partial charge in [-0.2, -0.15) is 0 Å². The molecule has 1 fully saturated rings. The number of methoxy groups -OCH3 is 1. The van der Waals surface area contributed by atoms with Gasteiger partial charge in [-0.15, -0.1) is 0 Å². The fourth-order valence-electron chi connectivity index (χ4n) is 3.25. The number of ether oxygens (including phenoxy) is 1. The van der Waals surface area contributed by atoms with Crippen LogP contribution in [0.4, 0.5) is 11.4 Å². The number of allylic oxidation sites excluding steroid dienone is 2. The van der Waals surface area contributed by atoms with E-state index in [1.165, 1.54) is 25.3 Å². The minimum absolute atomic E-state index is 0.115. The molecule has 1 heterocycles. The lowest BCUT2D eigenvalue weighted by Gasteiger charge is -2.15. The second-order valence-corrected chi connectivity index (χ2v) is 6.11. The lowest BCUT2D eigenvalue weighted by Crippen LogP contribution is -2.38. The zero-order chi connectivity index (χ0) is 18.8. The predicted octanol–water partition coefficient (Wildman–Crippen LogP) is 1.49. The van der Waals surface area contributed by atoms with E-state index in [4.69, 9.17) is 4.74 Å². The Kier molecular flexibility index (Phi) is 4.70. The number of rotatable bonds is 5. The van der Waals surface area contributed by atoms with Crippen LogP contribution < -0.4 is 10.1 Å². The summed E-state index contributed by atoms with van der Waals surface area (Å²) in [5, 5.41) is 13.3. The largest absolute Gasteiger partial charge is 0.494 e. The lowest BCUT2D eigenvalue weighted by molar-refractivity contribution is -0.384. The van der Waals surface area contributed by atoms with Crippen molar-refractivity contribution >= 4 is 29.1 Å². The molecule has 1 aliphatic carbocycles. The third-order valence-electron chi connectivity index (χ3n) is 4.57. The molecule has 1 aromatic rings. The van der Waals surface area contributed by atoms with Crippen LogP contribution in [0.3, 0.4) is 0 Å². The molecule has 0 saturated carbocycles. The first kappa shape index (κ1) is 17.6. The van der Waals surface area contributed by atoms with Gasteiger partial charge < -0.3 is 10.1 Å². The van der Waals surface area contributed by atoms with E-state index < -0.39 is 29.2 Å². The molecule has 3 rings (SSSR count). The van der Waals surface area contributed by atoms with Crippen molar-refractivity contribution in [3.8, 4) is 5.75 Å². The molecular formula is C17H17N3O6. The zero-order valence-electron chi connectivity index (χ0n) is 14.0. The summed E-state index contributed by atoms with van der Waals surface area (Å²) >= 11 is 0. The molecule has 2 aliphatic rings. The third-order valence-corrected chi connectivity index (χ3v) is 4.57. The van der Waals surface area contributed by atoms with Gasteiger partial charge in [0.25, 0.3) is 5.69 Å². The third kappa shape index (κ3) is 3.15. The number of anilines is 1. The van der Waals surface area contributed by atoms with Crippen LogP contribution in [0.1, 0.15) is 12.8 Å². The summed E-state index contributed by atoms with van der Waals surface area (Å²) in [6, 6.07) is 3.75. The van der Waals surface area contributed by atoms with Gasteiger partial charge in [-0.05, 0) is 18.9 Å². The standard InChI is InChI=1S/C17H17N3O6/c1-26-14-8-10(20(24)25)6-7-13(14)18-15(21)9-19-16(22)11-4-2-3-5-12(11)17(19)23/h2-3,6-8,11-12H,4-5,9H2,1H3,(H,18,21)/t11-,12-/m1/s1. The highest BCUT2D eigenvalue weighted by atomic mass is 16.6. The van der Waals surface area contributed by atoms with E-state index >= 15 is 0 Å². The van der Waals surface area contributed by atoms with Crippen molar-refractivity contribution in [3.63, 3.8) is 0 Å². The quantitative estimate of drug-likeness (QED) is 0.368. The number of nitrogens with one attached hydrogen (secondary N) is 1. The van der Waals surface area contributed by atoms with Crippen molar-refractivity contribution in [1.82, 2.24) is 4.90 Å². The topological polar surface area (TPSA) is 119 Å². The summed E-state index contributed by atoms with van der Waals surface area (Å²) in [7, 11) is 1.32. The maximum absolute atomic E-state index is 12.4. The maximum Gasteiger partial charge on any atom is 0.273 e. The number of nitro groups is 1. The number of hydrogen-bond acceptors (Lipinski definition) is 6. The number of hydrogen-bond donors (Lipinski definition) is 1. The lowest BCUT2D eigenvalue weighted by atomic mass is 9.85. The zero-order valence-corrected chi connectivity index (χ0v) is 14.0. The van der Waals surface area contributed by atoms with Gasteiger partial charge in [0, 0.05) is 6.07 Å². The van der Waals surface area contributed by atoms with Crippen LogP contribution in [-0.4, -0.2) is 41.2 Å². The Labute approximate surface area is 148 Å². The molecule has 0 bridgehead atoms. The Morgan fingerprint density at radius 3 is 2.42 bits per heavy atom. The summed E-state index contributed by atoms with van der Waals surface area (Å²) in [5.74, 6) is -1.93. The van der Waals surface area contributed by atoms with E-state index in [2.05, 4.69) is 5.32 Å². The molecule has 26 heavy (non-hydrogen) atoms. The van der Waals surface area contributed by atoms with Crippen molar-refractivity contribution in [2.24, 2.45) is 11.8 Å². The van der Waals surface area contributed by atoms with Gasteiger partial charge in [0.05, 0.1) is 35.6 Å². The van der Waals surface area contributed by atoms with E-state index in [0.717, 1.165) is 4.90 Å². The molecular weight excluding hydrogens is 342 g/mol. The highest BCUT2D eigenvalue weighted by Gasteiger charge is 2.47. The van der Waals surface area contributed by atoms with Gasteiger partial charge in [0.1, 0.15) is 12.3 Å². The number of non-ortho nitro benzene ring substituents is 1. The van der Waals surface area contributed by atoms with Crippen LogP contribution >= 0.6 is 0 Å². The van der Waals surface area contributed by atoms with Crippen LogP contribution in [0.15, 0.2) is 30.4 Å². The minimum atomic E-state index is -0.578. The van der Waals surface area contributed by atoms with Gasteiger partial charge in [0.15, 0.2) is 0 Å². The molecule has 0 spiro atoms. The Morgan fingerprint density at radius 2 is 1.88 bits per heavy atom. The van der Waals surface area contributed by atoms with E-state index in [9.17, 15) is 24.5 Å². The molecule has 0 aromatic heterocycles. The smallest absolute Gasteiger partial charge is 0.273 e. The number of imide groups is 1. The molecule has 1 aliphatic heterocycles. The highest BCUT2D eigenvalue weighted by Crippen LogP contribution is 2.35. The average molecular weight is 359 g/mol. The fraction of sp³-hybridized carbons (Fsp3) is 0.353. The molecule has 2 atom stereocenters. The molecule has 0 unspecified atom stereocenters. The molecule has 9 heteroatoms. The summed E-state index contributed by atoms with van der Waals surface area (Å²) in [5.41, 5.74) is 0.0441. The molecule has 9 nitrogen and oxygen atoms in total. The number of nitrogens with zero attached hydrogens (tertiary/aromatic N) is 2. The van der Waals surface area contributed by atoms with Crippen LogP contribution in [0.2, 0.25) is 0 Å². The van der Waals surface area contributed by atoms with E-state index in [1.54, 1.807) is 0 Å². The molecule has 3 amide bonds. The Hall–Kier alpha value is -3.23. The first-order valence-electron chi connectivity index (χ1n) is 8.05. The Morgan fingerprint density at radius 1 is 1.27 bits per heavy atom. The average Bonchev–Trinajstić information content (AvgIpc) is 2.87. The summed E-state index contributed by atoms with van der Waals surface area (Å²) in [6.07, 6.45) is 4.75. The summed E-state index contributed by atoms with van der Waals surface area (Å²) in [6.45, 7) is -0.398. The summed E-state index contributed by atoms with van der Waals surface area (Å²) in [4.78, 5) is 48.2. The number of carbonyl (C=O) groups excluding carboxylic acids is 3. The van der Waals surface area contributed by atoms with E-state index in [0.29, 0.717) is 12.8 Å². The minimum Gasteiger partial charge on any atom is -0.494 e. The van der Waals surface area contributed by atoms with Gasteiger partial charge in [-0.3, -0.25) is 29.4 Å². The second-order valence-electron chi connectivity index (χ2n) is 6.11. The van der Waals surface area contributed by atoms with E-state index in [1.807, 2.05) is 12.2 Å². The van der Waals surface area contributed by atoms with Crippen LogP contribution in [-0.2, 0) is 14.4 Å². The van der Waals surface area contributed by atoms with Crippen molar-refractivity contribution in [3.05, 3.63) is 40.5 Å². The Bertz CT molecular complexity index is 793. The van der Waals surface area contributed by atoms with Crippen molar-refractivity contribution in [2.45, 2.75) is 12.8 Å². The molecule has 1 aromatic carbocycles. The second kappa shape index (κ2) is 6.95. The first-order valence-corrected chi connectivity index (χ1v) is 8.05. The van der Waals surface area contributed by atoms with Crippen LogP contribution in [0, 0.1) is 22.0 Å². The van der Waals surface area contributed by atoms with Gasteiger partial charge in [0.2, 0.25) is 17.7 Å². The molecule has 136 valence electrons. The number of amides is 3. The van der Waals surface area contributed by atoms with Gasteiger partial charge in [-0.25, -0.2) is 0 Å². The first-order chi connectivity index (χ1) is 12.4. The van der Waals surface area contributed by atoms with Crippen LogP contribution in [0.25, 0.3) is 0 Å². The van der Waals surface area contributed by atoms with Crippen molar-refractivity contribution in [2.75, 3.05) is 19.0 Å². The Balaban J connectivity index is 1.71. The molecule has 1 N–H and O–H groups in total. The fourth-order valence-corrected chi connectivity index (χ4v) is 3.25. The van der Waals surface area contributed by atoms with Crippen molar-refractivity contribution < 1.29 is 24.0 Å². The van der Waals surface area contributed by atoms with Gasteiger partial charge in [-0.1, -0.05) is 12.2 Å². The number of carbonyl (C=O) groups is 3. The number of benzene rings is 1.